The van der Waals surface area contributed by atoms with Gasteiger partial charge in [0.25, 0.3) is 0 Å². The van der Waals surface area contributed by atoms with Gasteiger partial charge in [0.05, 0.1) is 6.42 Å². The molecule has 5 nitrogen and oxygen atoms in total. The first-order chi connectivity index (χ1) is 17.1. The van der Waals surface area contributed by atoms with Gasteiger partial charge < -0.3 is 4.90 Å². The van der Waals surface area contributed by atoms with Crippen LogP contribution in [0.3, 0.4) is 0 Å². The van der Waals surface area contributed by atoms with Gasteiger partial charge in [0.2, 0.25) is 0 Å². The fourth-order valence-electron chi connectivity index (χ4n) is 5.29. The summed E-state index contributed by atoms with van der Waals surface area (Å²) < 4.78 is 53.2. The van der Waals surface area contributed by atoms with Crippen molar-refractivity contribution in [3.05, 3.63) is 39.1 Å². The van der Waals surface area contributed by atoms with E-state index >= 15 is 4.39 Å². The number of ketones is 1. The molecule has 2 aromatic rings. The third-order valence-electron chi connectivity index (χ3n) is 7.46. The van der Waals surface area contributed by atoms with Crippen molar-refractivity contribution in [2.75, 3.05) is 19.6 Å². The third-order valence-corrected chi connectivity index (χ3v) is 8.30. The number of carbonyl (C=O) groups excluding carboxylic acids is 1. The van der Waals surface area contributed by atoms with Gasteiger partial charge >= 0.3 is 6.18 Å². The number of nitrogens with zero attached hydrogens (tertiary/aromatic N) is 4. The van der Waals surface area contributed by atoms with Crippen LogP contribution in [0.4, 0.5) is 17.6 Å². The van der Waals surface area contributed by atoms with Gasteiger partial charge in [0, 0.05) is 50.3 Å². The van der Waals surface area contributed by atoms with E-state index in [0.717, 1.165) is 53.6 Å². The highest BCUT2D eigenvalue weighted by molar-refractivity contribution is 7.11. The number of fused-ring (bicyclic) bond motifs is 1. The van der Waals surface area contributed by atoms with Crippen LogP contribution in [0.2, 0.25) is 0 Å². The number of alkyl halides is 4. The zero-order valence-corrected chi connectivity index (χ0v) is 21.6. The zero-order chi connectivity index (χ0) is 25.8. The fourth-order valence-corrected chi connectivity index (χ4v) is 6.02. The van der Waals surface area contributed by atoms with Crippen molar-refractivity contribution in [2.24, 2.45) is 5.92 Å². The molecule has 0 aromatic carbocycles. The smallest absolute Gasteiger partial charge is 0.302 e. The maximum absolute atomic E-state index is 15.6. The minimum Gasteiger partial charge on any atom is -0.302 e. The molecule has 0 saturated heterocycles. The standard InChI is InChI=1S/C26H34F4N4OS/c1-18-32-33-24(36-18)17-22(35)16-19-4-9-25(27,10-5-19)12-15-34-13-7-20-2-3-21(6-11-26(28,29)30)31-23(20)8-14-34/h2-3,19H,4-17H2,1H3. The van der Waals surface area contributed by atoms with Gasteiger partial charge in [0.1, 0.15) is 21.5 Å². The lowest BCUT2D eigenvalue weighted by Crippen LogP contribution is -2.36. The quantitative estimate of drug-likeness (QED) is 0.397. The van der Waals surface area contributed by atoms with Crippen LogP contribution in [0.25, 0.3) is 0 Å². The first-order valence-corrected chi connectivity index (χ1v) is 13.6. The van der Waals surface area contributed by atoms with Crippen molar-refractivity contribution in [1.82, 2.24) is 20.1 Å². The van der Waals surface area contributed by atoms with E-state index in [1.807, 2.05) is 13.0 Å². The topological polar surface area (TPSA) is 59.0 Å². The second kappa shape index (κ2) is 11.6. The molecule has 1 saturated carbocycles. The highest BCUT2D eigenvalue weighted by Gasteiger charge is 2.36. The molecular formula is C26H34F4N4OS. The average Bonchev–Trinajstić information content (AvgIpc) is 3.11. The van der Waals surface area contributed by atoms with Crippen LogP contribution >= 0.6 is 11.3 Å². The molecule has 1 aliphatic heterocycles. The van der Waals surface area contributed by atoms with Gasteiger partial charge in [-0.3, -0.25) is 9.78 Å². The third kappa shape index (κ3) is 8.03. The predicted molar refractivity (Wildman–Crippen MR) is 131 cm³/mol. The number of halogens is 4. The molecule has 198 valence electrons. The summed E-state index contributed by atoms with van der Waals surface area (Å²) in [5.41, 5.74) is 1.24. The first-order valence-electron chi connectivity index (χ1n) is 12.8. The number of aryl methyl sites for hydroxylation is 2. The van der Waals surface area contributed by atoms with Gasteiger partial charge in [-0.25, -0.2) is 4.39 Å². The summed E-state index contributed by atoms with van der Waals surface area (Å²) in [5, 5.41) is 9.58. The summed E-state index contributed by atoms with van der Waals surface area (Å²) in [7, 11) is 0. The van der Waals surface area contributed by atoms with Crippen LogP contribution in [0.5, 0.6) is 0 Å². The maximum Gasteiger partial charge on any atom is 0.389 e. The molecule has 0 radical (unpaired) electrons. The summed E-state index contributed by atoms with van der Waals surface area (Å²) in [6.45, 7) is 4.06. The molecule has 2 aromatic heterocycles. The second-order valence-corrected chi connectivity index (χ2v) is 11.6. The van der Waals surface area contributed by atoms with E-state index in [-0.39, 0.29) is 18.1 Å². The number of pyridine rings is 1. The number of aromatic nitrogens is 3. The Balaban J connectivity index is 1.19. The largest absolute Gasteiger partial charge is 0.389 e. The minimum atomic E-state index is -4.18. The van der Waals surface area contributed by atoms with Crippen LogP contribution in [0, 0.1) is 12.8 Å². The normalized spacial score (nSPS) is 23.3. The Morgan fingerprint density at radius 2 is 1.92 bits per heavy atom. The number of Topliss-reactive ketones (excluding diaryl/α,β-unsaturated/α-hetero) is 1. The molecule has 2 aliphatic rings. The van der Waals surface area contributed by atoms with Gasteiger partial charge in [-0.15, -0.1) is 21.5 Å². The van der Waals surface area contributed by atoms with Crippen molar-refractivity contribution in [3.63, 3.8) is 0 Å². The Morgan fingerprint density at radius 1 is 1.17 bits per heavy atom. The summed E-state index contributed by atoms with van der Waals surface area (Å²) in [5.74, 6) is 0.391. The summed E-state index contributed by atoms with van der Waals surface area (Å²) in [6.07, 6.45) is 0.0189. The lowest BCUT2D eigenvalue weighted by atomic mass is 9.76. The number of hydrogen-bond acceptors (Lipinski definition) is 6. The second-order valence-electron chi connectivity index (χ2n) is 10.3. The molecule has 3 heterocycles. The molecule has 1 fully saturated rings. The van der Waals surface area contributed by atoms with Crippen molar-refractivity contribution in [3.8, 4) is 0 Å². The Hall–Kier alpha value is -1.94. The molecule has 0 spiro atoms. The Bertz CT molecular complexity index is 1030. The van der Waals surface area contributed by atoms with Gasteiger partial charge in [-0.2, -0.15) is 13.2 Å². The van der Waals surface area contributed by atoms with E-state index < -0.39 is 18.3 Å². The monoisotopic (exact) mass is 526 g/mol. The number of hydrogen-bond donors (Lipinski definition) is 0. The SMILES string of the molecule is Cc1nnc(CC(=O)CC2CCC(F)(CCN3CCc4ccc(CCC(F)(F)F)nc4CC3)CC2)s1. The van der Waals surface area contributed by atoms with Crippen molar-refractivity contribution in [1.29, 1.82) is 0 Å². The van der Waals surface area contributed by atoms with Crippen LogP contribution < -0.4 is 0 Å². The summed E-state index contributed by atoms with van der Waals surface area (Å²) in [4.78, 5) is 19.1. The van der Waals surface area contributed by atoms with Crippen molar-refractivity contribution in [2.45, 2.75) is 89.4 Å². The van der Waals surface area contributed by atoms with E-state index in [1.54, 1.807) is 6.07 Å². The molecule has 0 N–H and O–H groups in total. The van der Waals surface area contributed by atoms with Crippen LogP contribution in [0.1, 0.15) is 71.9 Å². The zero-order valence-electron chi connectivity index (χ0n) is 20.7. The van der Waals surface area contributed by atoms with Crippen LogP contribution in [0.15, 0.2) is 12.1 Å². The molecular weight excluding hydrogens is 492 g/mol. The van der Waals surface area contributed by atoms with E-state index in [9.17, 15) is 18.0 Å². The first kappa shape index (κ1) is 27.1. The number of carbonyl (C=O) groups is 1. The lowest BCUT2D eigenvalue weighted by molar-refractivity contribution is -0.134. The fraction of sp³-hybridized carbons (Fsp3) is 0.692. The van der Waals surface area contributed by atoms with Gasteiger partial charge in [-0.1, -0.05) is 6.07 Å². The van der Waals surface area contributed by atoms with Crippen molar-refractivity contribution < 1.29 is 22.4 Å². The Morgan fingerprint density at radius 3 is 2.61 bits per heavy atom. The molecule has 0 amide bonds. The molecule has 4 rings (SSSR count). The molecule has 0 unspecified atom stereocenters. The summed E-state index contributed by atoms with van der Waals surface area (Å²) in [6, 6.07) is 3.61. The molecule has 10 heteroatoms. The highest BCUT2D eigenvalue weighted by atomic mass is 32.1. The maximum atomic E-state index is 15.6. The van der Waals surface area contributed by atoms with Crippen LogP contribution in [-0.2, 0) is 30.5 Å². The Kier molecular flexibility index (Phi) is 8.75. The average molecular weight is 527 g/mol. The highest BCUT2D eigenvalue weighted by Crippen LogP contribution is 2.39. The van der Waals surface area contributed by atoms with Gasteiger partial charge in [0.15, 0.2) is 0 Å². The Labute approximate surface area is 213 Å². The minimum absolute atomic E-state index is 0.0980. The molecule has 0 atom stereocenters. The van der Waals surface area contributed by atoms with Crippen molar-refractivity contribution >= 4 is 17.1 Å². The molecule has 0 bridgehead atoms. The molecule has 36 heavy (non-hydrogen) atoms. The van der Waals surface area contributed by atoms with E-state index in [1.165, 1.54) is 11.3 Å². The van der Waals surface area contributed by atoms with Crippen LogP contribution in [-0.4, -0.2) is 57.3 Å². The predicted octanol–water partition coefficient (Wildman–Crippen LogP) is 5.63. The number of rotatable bonds is 9. The lowest BCUT2D eigenvalue weighted by Gasteiger charge is -2.35. The summed E-state index contributed by atoms with van der Waals surface area (Å²) >= 11 is 1.45. The van der Waals surface area contributed by atoms with E-state index in [0.29, 0.717) is 50.8 Å². The molecule has 1 aliphatic carbocycles. The van der Waals surface area contributed by atoms with E-state index in [4.69, 9.17) is 0 Å². The van der Waals surface area contributed by atoms with Gasteiger partial charge in [-0.05, 0) is 69.4 Å². The van der Waals surface area contributed by atoms with E-state index in [2.05, 4.69) is 20.1 Å².